The van der Waals surface area contributed by atoms with Crippen LogP contribution in [0.4, 0.5) is 0 Å². The second-order valence-corrected chi connectivity index (χ2v) is 3.50. The first-order valence-corrected chi connectivity index (χ1v) is 3.65. The molecule has 0 aromatic heterocycles. The van der Waals surface area contributed by atoms with Gasteiger partial charge in [0.2, 0.25) is 0 Å². The Hall–Kier alpha value is -0.160. The Morgan fingerprint density at radius 2 is 1.64 bits per heavy atom. The van der Waals surface area contributed by atoms with Crippen LogP contribution < -0.4 is 11.5 Å². The van der Waals surface area contributed by atoms with Gasteiger partial charge in [-0.05, 0) is 13.8 Å². The van der Waals surface area contributed by atoms with Crippen LogP contribution in [-0.2, 0) is 4.74 Å². The highest BCUT2D eigenvalue weighted by molar-refractivity contribution is 4.69. The molecule has 0 fully saturated rings. The molecular weight excluding hydrogens is 144 g/mol. The van der Waals surface area contributed by atoms with Crippen LogP contribution in [0.5, 0.6) is 0 Å². The Morgan fingerprint density at radius 1 is 1.27 bits per heavy atom. The molecule has 4 heteroatoms. The van der Waals surface area contributed by atoms with Crippen LogP contribution in [0.25, 0.3) is 0 Å². The van der Waals surface area contributed by atoms with Gasteiger partial charge in [0.1, 0.15) is 0 Å². The van der Waals surface area contributed by atoms with Crippen molar-refractivity contribution in [2.75, 3.05) is 0 Å². The zero-order valence-corrected chi connectivity index (χ0v) is 7.59. The van der Waals surface area contributed by atoms with Gasteiger partial charge in [0.05, 0.1) is 0 Å². The lowest BCUT2D eigenvalue weighted by atomic mass is 10.1. The molecule has 0 aliphatic carbocycles. The van der Waals surface area contributed by atoms with Gasteiger partial charge in [0.25, 0.3) is 0 Å². The third-order valence-electron chi connectivity index (χ3n) is 1.50. The largest absolute Gasteiger partial charge is 0.365 e. The van der Waals surface area contributed by atoms with Crippen molar-refractivity contribution in [1.82, 2.24) is 0 Å². The summed E-state index contributed by atoms with van der Waals surface area (Å²) in [5.74, 6) is -2.60. The molecule has 11 heavy (non-hydrogen) atoms. The van der Waals surface area contributed by atoms with E-state index < -0.39 is 11.6 Å². The van der Waals surface area contributed by atoms with Gasteiger partial charge in [0, 0.05) is 5.92 Å². The van der Waals surface area contributed by atoms with E-state index >= 15 is 0 Å². The standard InChI is InChI=1S/C7H18N2O2/c1-5(2)6(3,10)11-7(4,8)9/h5,10H,8-9H2,1-4H3. The predicted molar refractivity (Wildman–Crippen MR) is 43.3 cm³/mol. The molecule has 0 aliphatic heterocycles. The van der Waals surface area contributed by atoms with E-state index in [2.05, 4.69) is 0 Å². The van der Waals surface area contributed by atoms with E-state index in [0.717, 1.165) is 0 Å². The lowest BCUT2D eigenvalue weighted by Crippen LogP contribution is -2.55. The van der Waals surface area contributed by atoms with Crippen molar-refractivity contribution in [3.8, 4) is 0 Å². The van der Waals surface area contributed by atoms with Gasteiger partial charge in [-0.2, -0.15) is 0 Å². The van der Waals surface area contributed by atoms with Crippen LogP contribution in [0.2, 0.25) is 0 Å². The summed E-state index contributed by atoms with van der Waals surface area (Å²) in [7, 11) is 0. The Morgan fingerprint density at radius 3 is 1.73 bits per heavy atom. The SMILES string of the molecule is CC(C)C(C)(O)OC(C)(N)N. The highest BCUT2D eigenvalue weighted by atomic mass is 16.7. The molecule has 0 heterocycles. The molecule has 1 atom stereocenters. The van der Waals surface area contributed by atoms with E-state index in [4.69, 9.17) is 16.2 Å². The topological polar surface area (TPSA) is 81.5 Å². The van der Waals surface area contributed by atoms with Crippen LogP contribution in [0, 0.1) is 5.92 Å². The molecule has 68 valence electrons. The van der Waals surface area contributed by atoms with Gasteiger partial charge in [-0.1, -0.05) is 13.8 Å². The van der Waals surface area contributed by atoms with Crippen molar-refractivity contribution >= 4 is 0 Å². The maximum absolute atomic E-state index is 9.55. The van der Waals surface area contributed by atoms with Crippen LogP contribution in [0.1, 0.15) is 27.7 Å². The summed E-state index contributed by atoms with van der Waals surface area (Å²) in [6, 6.07) is 0. The Bertz CT molecular complexity index is 127. The fourth-order valence-electron chi connectivity index (χ4n) is 0.563. The zero-order chi connectivity index (χ0) is 9.28. The fraction of sp³-hybridized carbons (Fsp3) is 1.00. The molecule has 0 spiro atoms. The monoisotopic (exact) mass is 162 g/mol. The number of aliphatic hydroxyl groups is 1. The van der Waals surface area contributed by atoms with Gasteiger partial charge >= 0.3 is 0 Å². The lowest BCUT2D eigenvalue weighted by molar-refractivity contribution is -0.270. The van der Waals surface area contributed by atoms with E-state index in [1.54, 1.807) is 0 Å². The molecule has 0 aliphatic rings. The third-order valence-corrected chi connectivity index (χ3v) is 1.50. The average Bonchev–Trinajstić information content (AvgIpc) is 1.56. The van der Waals surface area contributed by atoms with Crippen molar-refractivity contribution in [1.29, 1.82) is 0 Å². The molecule has 0 aromatic carbocycles. The molecule has 5 N–H and O–H groups in total. The van der Waals surface area contributed by atoms with Crippen LogP contribution >= 0.6 is 0 Å². The second kappa shape index (κ2) is 3.06. The van der Waals surface area contributed by atoms with Crippen LogP contribution in [0.3, 0.4) is 0 Å². The molecule has 0 aromatic rings. The number of rotatable bonds is 3. The summed E-state index contributed by atoms with van der Waals surface area (Å²) in [4.78, 5) is 0. The molecule has 0 saturated carbocycles. The molecule has 0 rings (SSSR count). The van der Waals surface area contributed by atoms with E-state index in [1.807, 2.05) is 13.8 Å². The zero-order valence-electron chi connectivity index (χ0n) is 7.59. The number of hydrogen-bond donors (Lipinski definition) is 3. The number of hydrogen-bond acceptors (Lipinski definition) is 4. The smallest absolute Gasteiger partial charge is 0.170 e. The minimum absolute atomic E-state index is 0.0473. The summed E-state index contributed by atoms with van der Waals surface area (Å²) >= 11 is 0. The maximum Gasteiger partial charge on any atom is 0.170 e. The molecule has 0 saturated heterocycles. The van der Waals surface area contributed by atoms with Crippen molar-refractivity contribution in [2.24, 2.45) is 17.4 Å². The first kappa shape index (κ1) is 10.8. The van der Waals surface area contributed by atoms with Gasteiger partial charge in [0.15, 0.2) is 11.6 Å². The van der Waals surface area contributed by atoms with E-state index in [0.29, 0.717) is 0 Å². The first-order chi connectivity index (χ1) is 4.65. The number of nitrogens with two attached hydrogens (primary N) is 2. The van der Waals surface area contributed by atoms with E-state index in [-0.39, 0.29) is 5.92 Å². The first-order valence-electron chi connectivity index (χ1n) is 3.65. The fourth-order valence-corrected chi connectivity index (χ4v) is 0.563. The van der Waals surface area contributed by atoms with Crippen molar-refractivity contribution < 1.29 is 9.84 Å². The summed E-state index contributed by atoms with van der Waals surface area (Å²) in [6.45, 7) is 6.68. The molecule has 0 amide bonds. The molecule has 0 bridgehead atoms. The summed E-state index contributed by atoms with van der Waals surface area (Å²) in [5.41, 5.74) is 10.7. The minimum Gasteiger partial charge on any atom is -0.365 e. The lowest BCUT2D eigenvalue weighted by Gasteiger charge is -2.34. The highest BCUT2D eigenvalue weighted by Gasteiger charge is 2.31. The Balaban J connectivity index is 4.13. The highest BCUT2D eigenvalue weighted by Crippen LogP contribution is 2.19. The Kier molecular flexibility index (Phi) is 3.02. The van der Waals surface area contributed by atoms with Crippen molar-refractivity contribution in [3.63, 3.8) is 0 Å². The van der Waals surface area contributed by atoms with Crippen LogP contribution in [0.15, 0.2) is 0 Å². The molecule has 4 nitrogen and oxygen atoms in total. The molecule has 1 unspecified atom stereocenters. The summed E-state index contributed by atoms with van der Waals surface area (Å²) < 4.78 is 5.00. The summed E-state index contributed by atoms with van der Waals surface area (Å²) in [6.07, 6.45) is 0. The van der Waals surface area contributed by atoms with Crippen molar-refractivity contribution in [2.45, 2.75) is 39.3 Å². The minimum atomic E-state index is -1.28. The second-order valence-electron chi connectivity index (χ2n) is 3.50. The van der Waals surface area contributed by atoms with Crippen molar-refractivity contribution in [3.05, 3.63) is 0 Å². The Labute approximate surface area is 67.5 Å². The summed E-state index contributed by atoms with van der Waals surface area (Å²) in [5, 5.41) is 9.55. The quantitative estimate of drug-likeness (QED) is 0.508. The van der Waals surface area contributed by atoms with E-state index in [1.165, 1.54) is 13.8 Å². The molecular formula is C7H18N2O2. The third kappa shape index (κ3) is 4.31. The van der Waals surface area contributed by atoms with Gasteiger partial charge in [-0.25, -0.2) is 0 Å². The normalized spacial score (nSPS) is 18.5. The number of ether oxygens (including phenoxy) is 1. The maximum atomic E-state index is 9.55. The van der Waals surface area contributed by atoms with Gasteiger partial charge in [-0.15, -0.1) is 0 Å². The van der Waals surface area contributed by atoms with Gasteiger partial charge in [-0.3, -0.25) is 11.5 Å². The van der Waals surface area contributed by atoms with E-state index in [9.17, 15) is 5.11 Å². The predicted octanol–water partition coefficient (Wildman–Crippen LogP) is -0.0414. The van der Waals surface area contributed by atoms with Crippen LogP contribution in [-0.4, -0.2) is 16.7 Å². The molecule has 0 radical (unpaired) electrons. The average molecular weight is 162 g/mol. The van der Waals surface area contributed by atoms with Gasteiger partial charge < -0.3 is 9.84 Å².